The van der Waals surface area contributed by atoms with Crippen molar-refractivity contribution in [3.63, 3.8) is 0 Å². The second-order valence-electron chi connectivity index (χ2n) is 7.36. The SMILES string of the molecule is NCC1CN(S(=O)(=O)c2cncc(-c3ccc4c(c3)N=C(N)CC(C(=O)O)=C4)c2)C1. The molecule has 1 fully saturated rings. The van der Waals surface area contributed by atoms with Crippen molar-refractivity contribution in [3.8, 4) is 11.1 Å². The Kier molecular flexibility index (Phi) is 5.14. The number of fused-ring (bicyclic) bond motifs is 1. The summed E-state index contributed by atoms with van der Waals surface area (Å²) >= 11 is 0. The van der Waals surface area contributed by atoms with Crippen LogP contribution in [-0.4, -0.2) is 54.3 Å². The largest absolute Gasteiger partial charge is 0.478 e. The first kappa shape index (κ1) is 20.2. The molecule has 0 aliphatic carbocycles. The van der Waals surface area contributed by atoms with Gasteiger partial charge >= 0.3 is 5.97 Å². The van der Waals surface area contributed by atoms with Crippen molar-refractivity contribution in [3.05, 3.63) is 47.8 Å². The summed E-state index contributed by atoms with van der Waals surface area (Å²) in [6.45, 7) is 1.28. The van der Waals surface area contributed by atoms with E-state index in [0.717, 1.165) is 0 Å². The van der Waals surface area contributed by atoms with Crippen LogP contribution in [0.3, 0.4) is 0 Å². The number of carboxylic acids is 1. The molecule has 1 aromatic heterocycles. The van der Waals surface area contributed by atoms with E-state index in [4.69, 9.17) is 11.5 Å². The predicted molar refractivity (Wildman–Crippen MR) is 112 cm³/mol. The quantitative estimate of drug-likeness (QED) is 0.648. The van der Waals surface area contributed by atoms with Crippen LogP contribution in [0.25, 0.3) is 17.2 Å². The normalized spacial score (nSPS) is 17.4. The highest BCUT2D eigenvalue weighted by Crippen LogP contribution is 2.33. The molecular formula is C20H21N5O4S. The molecule has 0 radical (unpaired) electrons. The van der Waals surface area contributed by atoms with Crippen molar-refractivity contribution in [1.82, 2.24) is 9.29 Å². The molecule has 156 valence electrons. The van der Waals surface area contributed by atoms with Gasteiger partial charge in [0.15, 0.2) is 0 Å². The predicted octanol–water partition coefficient (Wildman–Crippen LogP) is 1.19. The third kappa shape index (κ3) is 3.72. The van der Waals surface area contributed by atoms with Crippen LogP contribution in [-0.2, 0) is 14.8 Å². The molecule has 2 aliphatic rings. The summed E-state index contributed by atoms with van der Waals surface area (Å²) in [5, 5.41) is 9.29. The van der Waals surface area contributed by atoms with E-state index in [2.05, 4.69) is 9.98 Å². The first-order valence-corrected chi connectivity index (χ1v) is 10.8. The maximum absolute atomic E-state index is 12.8. The van der Waals surface area contributed by atoms with Gasteiger partial charge in [0.05, 0.1) is 5.69 Å². The Morgan fingerprint density at radius 1 is 1.20 bits per heavy atom. The lowest BCUT2D eigenvalue weighted by Gasteiger charge is -2.37. The van der Waals surface area contributed by atoms with Crippen LogP contribution in [0.5, 0.6) is 0 Å². The Labute approximate surface area is 173 Å². The van der Waals surface area contributed by atoms with E-state index >= 15 is 0 Å². The van der Waals surface area contributed by atoms with Gasteiger partial charge in [-0.15, -0.1) is 0 Å². The standard InChI is InChI=1S/C20H21N5O4S/c21-7-12-10-25(11-12)30(28,29)17-4-16(8-23-9-17)13-1-2-14-3-15(20(26)27)6-19(22)24-18(14)5-13/h1-5,8-9,12H,6-7,10-11,21H2,(H2,22,24)(H,26,27). The number of aliphatic imine (C=N–C) groups is 1. The van der Waals surface area contributed by atoms with E-state index in [1.807, 2.05) is 0 Å². The van der Waals surface area contributed by atoms with Crippen molar-refractivity contribution in [2.24, 2.45) is 22.4 Å². The van der Waals surface area contributed by atoms with Crippen molar-refractivity contribution >= 4 is 33.6 Å². The van der Waals surface area contributed by atoms with Crippen molar-refractivity contribution in [2.45, 2.75) is 11.3 Å². The second kappa shape index (κ2) is 7.63. The minimum absolute atomic E-state index is 0.0499. The molecule has 3 heterocycles. The van der Waals surface area contributed by atoms with Crippen LogP contribution in [0, 0.1) is 5.92 Å². The maximum atomic E-state index is 12.8. The number of nitrogens with zero attached hydrogens (tertiary/aromatic N) is 3. The Bertz CT molecular complexity index is 1180. The van der Waals surface area contributed by atoms with Gasteiger partial charge in [0.1, 0.15) is 10.7 Å². The highest BCUT2D eigenvalue weighted by Gasteiger charge is 2.36. The number of carbonyl (C=O) groups is 1. The molecule has 1 aromatic carbocycles. The average Bonchev–Trinajstić information content (AvgIpc) is 2.84. The zero-order valence-electron chi connectivity index (χ0n) is 16.0. The van der Waals surface area contributed by atoms with Crippen LogP contribution >= 0.6 is 0 Å². The third-order valence-electron chi connectivity index (χ3n) is 5.21. The lowest BCUT2D eigenvalue weighted by atomic mass is 10.0. The van der Waals surface area contributed by atoms with E-state index in [1.165, 1.54) is 10.5 Å². The van der Waals surface area contributed by atoms with Crippen molar-refractivity contribution in [1.29, 1.82) is 0 Å². The molecule has 30 heavy (non-hydrogen) atoms. The van der Waals surface area contributed by atoms with Gasteiger partial charge in [0, 0.05) is 48.6 Å². The smallest absolute Gasteiger partial charge is 0.332 e. The number of pyridine rings is 1. The molecule has 2 aromatic rings. The molecule has 4 rings (SSSR count). The van der Waals surface area contributed by atoms with E-state index in [1.54, 1.807) is 36.5 Å². The fourth-order valence-corrected chi connectivity index (χ4v) is 5.02. The summed E-state index contributed by atoms with van der Waals surface area (Å²) < 4.78 is 27.0. The van der Waals surface area contributed by atoms with Gasteiger partial charge in [0.25, 0.3) is 0 Å². The minimum Gasteiger partial charge on any atom is -0.478 e. The molecule has 0 unspecified atom stereocenters. The number of aromatic nitrogens is 1. The van der Waals surface area contributed by atoms with Gasteiger partial charge in [-0.2, -0.15) is 4.31 Å². The molecule has 10 heteroatoms. The van der Waals surface area contributed by atoms with Gasteiger partial charge in [-0.25, -0.2) is 18.2 Å². The van der Waals surface area contributed by atoms with Crippen LogP contribution in [0.15, 0.2) is 52.1 Å². The zero-order valence-corrected chi connectivity index (χ0v) is 16.8. The Morgan fingerprint density at radius 2 is 1.97 bits per heavy atom. The Hall–Kier alpha value is -3.08. The number of benzene rings is 1. The number of rotatable bonds is 5. The molecule has 0 spiro atoms. The lowest BCUT2D eigenvalue weighted by Crippen LogP contribution is -2.52. The van der Waals surface area contributed by atoms with Crippen molar-refractivity contribution < 1.29 is 18.3 Å². The van der Waals surface area contributed by atoms with E-state index in [9.17, 15) is 18.3 Å². The summed E-state index contributed by atoms with van der Waals surface area (Å²) in [6, 6.07) is 6.82. The molecule has 1 saturated heterocycles. The second-order valence-corrected chi connectivity index (χ2v) is 9.30. The fourth-order valence-electron chi connectivity index (χ4n) is 3.44. The first-order chi connectivity index (χ1) is 14.3. The van der Waals surface area contributed by atoms with Gasteiger partial charge in [-0.05, 0) is 36.2 Å². The zero-order chi connectivity index (χ0) is 21.5. The molecule has 0 saturated carbocycles. The molecule has 2 aliphatic heterocycles. The number of hydrogen-bond acceptors (Lipinski definition) is 7. The topological polar surface area (TPSA) is 152 Å². The van der Waals surface area contributed by atoms with E-state index in [-0.39, 0.29) is 28.6 Å². The Balaban J connectivity index is 1.69. The van der Waals surface area contributed by atoms with E-state index in [0.29, 0.717) is 42.0 Å². The molecule has 0 bridgehead atoms. The van der Waals surface area contributed by atoms with Crippen molar-refractivity contribution in [2.75, 3.05) is 19.6 Å². The van der Waals surface area contributed by atoms with Gasteiger partial charge < -0.3 is 16.6 Å². The lowest BCUT2D eigenvalue weighted by molar-refractivity contribution is -0.132. The van der Waals surface area contributed by atoms with E-state index < -0.39 is 16.0 Å². The number of sulfonamides is 1. The van der Waals surface area contributed by atoms with Crippen LogP contribution < -0.4 is 11.5 Å². The monoisotopic (exact) mass is 427 g/mol. The summed E-state index contributed by atoms with van der Waals surface area (Å²) in [7, 11) is -3.63. The molecular weight excluding hydrogens is 406 g/mol. The number of hydrogen-bond donors (Lipinski definition) is 3. The van der Waals surface area contributed by atoms with Crippen LogP contribution in [0.1, 0.15) is 12.0 Å². The van der Waals surface area contributed by atoms with Crippen LogP contribution in [0.2, 0.25) is 0 Å². The number of nitrogens with two attached hydrogens (primary N) is 2. The number of carboxylic acid groups (broad SMARTS) is 1. The highest BCUT2D eigenvalue weighted by molar-refractivity contribution is 7.89. The maximum Gasteiger partial charge on any atom is 0.332 e. The Morgan fingerprint density at radius 3 is 2.67 bits per heavy atom. The molecule has 9 nitrogen and oxygen atoms in total. The highest BCUT2D eigenvalue weighted by atomic mass is 32.2. The molecule has 0 amide bonds. The molecule has 5 N–H and O–H groups in total. The summed E-state index contributed by atoms with van der Waals surface area (Å²) in [5.41, 5.74) is 14.1. The van der Waals surface area contributed by atoms with Gasteiger partial charge in [0.2, 0.25) is 10.0 Å². The fraction of sp³-hybridized carbons (Fsp3) is 0.250. The summed E-state index contributed by atoms with van der Waals surface area (Å²) in [4.78, 5) is 19.9. The third-order valence-corrected chi connectivity index (χ3v) is 7.01. The summed E-state index contributed by atoms with van der Waals surface area (Å²) in [5.74, 6) is -0.663. The average molecular weight is 427 g/mol. The number of aliphatic carboxylic acids is 1. The first-order valence-electron chi connectivity index (χ1n) is 9.34. The van der Waals surface area contributed by atoms with Gasteiger partial charge in [-0.1, -0.05) is 12.1 Å². The molecule has 0 atom stereocenters. The van der Waals surface area contributed by atoms with Crippen LogP contribution in [0.4, 0.5) is 5.69 Å². The number of amidine groups is 1. The summed E-state index contributed by atoms with van der Waals surface area (Å²) in [6.07, 6.45) is 4.49. The minimum atomic E-state index is -3.63. The van der Waals surface area contributed by atoms with Gasteiger partial charge in [-0.3, -0.25) is 4.98 Å².